The van der Waals surface area contributed by atoms with Crippen molar-refractivity contribution in [3.8, 4) is 17.2 Å². The molecule has 0 fully saturated rings. The van der Waals surface area contributed by atoms with Gasteiger partial charge in [-0.05, 0) is 24.3 Å². The zero-order chi connectivity index (χ0) is 18.0. The summed E-state index contributed by atoms with van der Waals surface area (Å²) in [6, 6.07) is 9.89. The maximum Gasteiger partial charge on any atom is 0.262 e. The fraction of sp³-hybridized carbons (Fsp3) is 0.176. The van der Waals surface area contributed by atoms with Crippen LogP contribution in [0.15, 0.2) is 47.5 Å². The van der Waals surface area contributed by atoms with Gasteiger partial charge in [-0.2, -0.15) is 0 Å². The average molecular weight is 362 g/mol. The van der Waals surface area contributed by atoms with Gasteiger partial charge in [0.15, 0.2) is 11.5 Å². The van der Waals surface area contributed by atoms with E-state index in [-0.39, 0.29) is 16.4 Å². The third-order valence-corrected chi connectivity index (χ3v) is 5.11. The highest BCUT2D eigenvalue weighted by atomic mass is 32.2. The molecule has 25 heavy (non-hydrogen) atoms. The molecule has 0 radical (unpaired) electrons. The van der Waals surface area contributed by atoms with Gasteiger partial charge in [-0.25, -0.2) is 8.42 Å². The molecule has 0 aliphatic rings. The van der Waals surface area contributed by atoms with E-state index in [0.29, 0.717) is 11.4 Å². The number of aromatic amines is 1. The molecule has 1 heterocycles. The number of fused-ring (bicyclic) bond motifs is 1. The molecule has 7 nitrogen and oxygen atoms in total. The Balaban J connectivity index is 2.01. The first-order valence-corrected chi connectivity index (χ1v) is 8.87. The lowest BCUT2D eigenvalue weighted by molar-refractivity contribution is 0.323. The van der Waals surface area contributed by atoms with E-state index in [0.717, 1.165) is 10.9 Å². The number of nitrogens with one attached hydrogen (secondary N) is 2. The Morgan fingerprint density at radius 2 is 1.60 bits per heavy atom. The van der Waals surface area contributed by atoms with E-state index < -0.39 is 10.0 Å². The fourth-order valence-electron chi connectivity index (χ4n) is 2.54. The van der Waals surface area contributed by atoms with E-state index in [1.54, 1.807) is 18.3 Å². The SMILES string of the molecule is COc1cc(S(=O)(=O)Nc2ccc3[nH]ccc3c2)cc(OC)c1OC. The molecule has 2 N–H and O–H groups in total. The molecule has 8 heteroatoms. The summed E-state index contributed by atoms with van der Waals surface area (Å²) in [5.41, 5.74) is 1.39. The Morgan fingerprint density at radius 3 is 2.20 bits per heavy atom. The summed E-state index contributed by atoms with van der Waals surface area (Å²) in [5, 5.41) is 0.907. The summed E-state index contributed by atoms with van der Waals surface area (Å²) in [7, 11) is 0.489. The van der Waals surface area contributed by atoms with Crippen LogP contribution in [0.1, 0.15) is 0 Å². The van der Waals surface area contributed by atoms with Crippen molar-refractivity contribution in [2.75, 3.05) is 26.1 Å². The first kappa shape index (κ1) is 17.0. The Kier molecular flexibility index (Phi) is 4.45. The number of benzene rings is 2. The summed E-state index contributed by atoms with van der Waals surface area (Å²) >= 11 is 0. The predicted molar refractivity (Wildman–Crippen MR) is 95.2 cm³/mol. The van der Waals surface area contributed by atoms with Gasteiger partial charge in [0.2, 0.25) is 5.75 Å². The van der Waals surface area contributed by atoms with Crippen molar-refractivity contribution in [2.45, 2.75) is 4.90 Å². The predicted octanol–water partition coefficient (Wildman–Crippen LogP) is 2.99. The number of methoxy groups -OCH3 is 3. The second kappa shape index (κ2) is 6.56. The second-order valence-corrected chi connectivity index (χ2v) is 6.93. The Morgan fingerprint density at radius 1 is 0.920 bits per heavy atom. The lowest BCUT2D eigenvalue weighted by Gasteiger charge is -2.15. The number of ether oxygens (including phenoxy) is 3. The van der Waals surface area contributed by atoms with Crippen molar-refractivity contribution in [3.05, 3.63) is 42.6 Å². The van der Waals surface area contributed by atoms with Crippen LogP contribution in [0, 0.1) is 0 Å². The summed E-state index contributed by atoms with van der Waals surface area (Å²) in [6.45, 7) is 0. The van der Waals surface area contributed by atoms with E-state index in [2.05, 4.69) is 9.71 Å². The van der Waals surface area contributed by atoms with Crippen LogP contribution in [-0.2, 0) is 10.0 Å². The van der Waals surface area contributed by atoms with Crippen molar-refractivity contribution in [2.24, 2.45) is 0 Å². The van der Waals surface area contributed by atoms with Gasteiger partial charge in [0.05, 0.1) is 26.2 Å². The molecule has 3 aromatic rings. The van der Waals surface area contributed by atoms with Crippen molar-refractivity contribution >= 4 is 26.6 Å². The number of aromatic nitrogens is 1. The first-order valence-electron chi connectivity index (χ1n) is 7.38. The van der Waals surface area contributed by atoms with Crippen molar-refractivity contribution in [1.82, 2.24) is 4.98 Å². The van der Waals surface area contributed by atoms with Gasteiger partial charge in [-0.1, -0.05) is 0 Å². The number of H-pyrrole nitrogens is 1. The van der Waals surface area contributed by atoms with Crippen LogP contribution in [-0.4, -0.2) is 34.7 Å². The number of anilines is 1. The van der Waals surface area contributed by atoms with Crippen molar-refractivity contribution in [3.63, 3.8) is 0 Å². The first-order chi connectivity index (χ1) is 12.0. The van der Waals surface area contributed by atoms with Crippen LogP contribution in [0.25, 0.3) is 10.9 Å². The highest BCUT2D eigenvalue weighted by Gasteiger charge is 2.21. The topological polar surface area (TPSA) is 89.7 Å². The number of hydrogen-bond acceptors (Lipinski definition) is 5. The van der Waals surface area contributed by atoms with Crippen molar-refractivity contribution in [1.29, 1.82) is 0 Å². The molecule has 0 spiro atoms. The van der Waals surface area contributed by atoms with Gasteiger partial charge in [0.1, 0.15) is 0 Å². The van der Waals surface area contributed by atoms with Gasteiger partial charge >= 0.3 is 0 Å². The van der Waals surface area contributed by atoms with Crippen LogP contribution in [0.4, 0.5) is 5.69 Å². The van der Waals surface area contributed by atoms with E-state index in [9.17, 15) is 8.42 Å². The molecule has 0 saturated heterocycles. The Hall–Kier alpha value is -2.87. The number of rotatable bonds is 6. The molecule has 3 rings (SSSR count). The highest BCUT2D eigenvalue weighted by molar-refractivity contribution is 7.92. The molecular formula is C17H18N2O5S. The van der Waals surface area contributed by atoms with Gasteiger partial charge in [-0.15, -0.1) is 0 Å². The lowest BCUT2D eigenvalue weighted by atomic mass is 10.2. The molecular weight excluding hydrogens is 344 g/mol. The molecule has 0 atom stereocenters. The van der Waals surface area contributed by atoms with Crippen molar-refractivity contribution < 1.29 is 22.6 Å². The molecule has 1 aromatic heterocycles. The minimum absolute atomic E-state index is 0.0103. The zero-order valence-corrected chi connectivity index (χ0v) is 14.8. The Labute approximate surface area is 145 Å². The zero-order valence-electron chi connectivity index (χ0n) is 14.0. The molecule has 2 aromatic carbocycles. The number of hydrogen-bond donors (Lipinski definition) is 2. The van der Waals surface area contributed by atoms with Crippen LogP contribution in [0.5, 0.6) is 17.2 Å². The van der Waals surface area contributed by atoms with E-state index in [4.69, 9.17) is 14.2 Å². The minimum Gasteiger partial charge on any atom is -0.493 e. The highest BCUT2D eigenvalue weighted by Crippen LogP contribution is 2.39. The van der Waals surface area contributed by atoms with E-state index >= 15 is 0 Å². The summed E-state index contributed by atoms with van der Waals surface area (Å²) in [5.74, 6) is 0.865. The molecule has 0 aliphatic carbocycles. The standard InChI is InChI=1S/C17H18N2O5S/c1-22-15-9-13(10-16(23-2)17(15)24-3)25(20,21)19-12-4-5-14-11(8-12)6-7-18-14/h4-10,18-19H,1-3H3. The quantitative estimate of drug-likeness (QED) is 0.704. The molecule has 132 valence electrons. The van der Waals surface area contributed by atoms with Gasteiger partial charge < -0.3 is 19.2 Å². The second-order valence-electron chi connectivity index (χ2n) is 5.25. The molecule has 0 amide bonds. The summed E-state index contributed by atoms with van der Waals surface area (Å²) in [4.78, 5) is 3.07. The summed E-state index contributed by atoms with van der Waals surface area (Å²) in [6.07, 6.45) is 1.79. The van der Waals surface area contributed by atoms with Gasteiger partial charge in [-0.3, -0.25) is 4.72 Å². The minimum atomic E-state index is -3.83. The van der Waals surface area contributed by atoms with Gasteiger partial charge in [0, 0.05) is 34.9 Å². The number of sulfonamides is 1. The third kappa shape index (κ3) is 3.20. The normalized spacial score (nSPS) is 11.3. The van der Waals surface area contributed by atoms with Gasteiger partial charge in [0.25, 0.3) is 10.0 Å². The lowest BCUT2D eigenvalue weighted by Crippen LogP contribution is -2.13. The van der Waals surface area contributed by atoms with Crippen LogP contribution < -0.4 is 18.9 Å². The maximum absolute atomic E-state index is 12.7. The smallest absolute Gasteiger partial charge is 0.262 e. The molecule has 0 aliphatic heterocycles. The summed E-state index contributed by atoms with van der Waals surface area (Å²) < 4.78 is 43.7. The largest absolute Gasteiger partial charge is 0.493 e. The van der Waals surface area contributed by atoms with E-state index in [1.165, 1.54) is 33.5 Å². The van der Waals surface area contributed by atoms with Crippen LogP contribution in [0.3, 0.4) is 0 Å². The van der Waals surface area contributed by atoms with E-state index in [1.807, 2.05) is 12.1 Å². The molecule has 0 unspecified atom stereocenters. The molecule has 0 saturated carbocycles. The average Bonchev–Trinajstić information content (AvgIpc) is 3.07. The van der Waals surface area contributed by atoms with Crippen LogP contribution in [0.2, 0.25) is 0 Å². The Bertz CT molecular complexity index is 986. The third-order valence-electron chi connectivity index (χ3n) is 3.75. The molecule has 0 bridgehead atoms. The van der Waals surface area contributed by atoms with Crippen LogP contribution >= 0.6 is 0 Å². The fourth-order valence-corrected chi connectivity index (χ4v) is 3.62. The monoisotopic (exact) mass is 362 g/mol. The maximum atomic E-state index is 12.7.